The van der Waals surface area contributed by atoms with E-state index in [9.17, 15) is 14.7 Å². The Kier molecular flexibility index (Phi) is 4.28. The zero-order valence-electron chi connectivity index (χ0n) is 13.3. The molecule has 0 saturated carbocycles. The van der Waals surface area contributed by atoms with Crippen molar-refractivity contribution in [1.82, 2.24) is 4.90 Å². The molecular weight excluding hydrogens is 370 g/mol. The summed E-state index contributed by atoms with van der Waals surface area (Å²) in [5.74, 6) is -1.43. The van der Waals surface area contributed by atoms with Crippen LogP contribution in [0.3, 0.4) is 0 Å². The Morgan fingerprint density at radius 2 is 1.62 bits per heavy atom. The van der Waals surface area contributed by atoms with Gasteiger partial charge >= 0.3 is 0 Å². The van der Waals surface area contributed by atoms with Crippen LogP contribution < -0.4 is 0 Å². The number of halogens is 1. The highest BCUT2D eigenvalue weighted by Gasteiger charge is 2.44. The SMILES string of the molecule is Cc1ccc(/C(O)=C2/C(=O)C(=O)N(C)C2c2ccc(Br)cc2)cc1. The Morgan fingerprint density at radius 1 is 1.04 bits per heavy atom. The van der Waals surface area contributed by atoms with Crippen LogP contribution in [0.2, 0.25) is 0 Å². The number of carbonyl (C=O) groups excluding carboxylic acids is 2. The lowest BCUT2D eigenvalue weighted by Gasteiger charge is -2.21. The summed E-state index contributed by atoms with van der Waals surface area (Å²) in [6.45, 7) is 1.94. The largest absolute Gasteiger partial charge is 0.507 e. The van der Waals surface area contributed by atoms with E-state index >= 15 is 0 Å². The fourth-order valence-electron chi connectivity index (χ4n) is 2.85. The van der Waals surface area contributed by atoms with Crippen molar-refractivity contribution >= 4 is 33.4 Å². The van der Waals surface area contributed by atoms with Gasteiger partial charge in [-0.25, -0.2) is 0 Å². The number of carbonyl (C=O) groups is 2. The van der Waals surface area contributed by atoms with Crippen LogP contribution in [-0.4, -0.2) is 28.7 Å². The topological polar surface area (TPSA) is 57.6 Å². The van der Waals surface area contributed by atoms with Crippen LogP contribution in [0, 0.1) is 6.92 Å². The first kappa shape index (κ1) is 16.5. The highest BCUT2D eigenvalue weighted by Crippen LogP contribution is 2.38. The van der Waals surface area contributed by atoms with Gasteiger partial charge in [0.05, 0.1) is 11.6 Å². The molecule has 1 fully saturated rings. The van der Waals surface area contributed by atoms with Gasteiger partial charge < -0.3 is 10.0 Å². The van der Waals surface area contributed by atoms with Crippen molar-refractivity contribution in [1.29, 1.82) is 0 Å². The minimum Gasteiger partial charge on any atom is -0.507 e. The molecule has 1 aliphatic heterocycles. The Bertz CT molecular complexity index is 838. The quantitative estimate of drug-likeness (QED) is 0.485. The Labute approximate surface area is 148 Å². The number of ketones is 1. The fourth-order valence-corrected chi connectivity index (χ4v) is 3.11. The third-order valence-electron chi connectivity index (χ3n) is 4.19. The maximum absolute atomic E-state index is 12.4. The zero-order chi connectivity index (χ0) is 17.4. The summed E-state index contributed by atoms with van der Waals surface area (Å²) in [6, 6.07) is 13.9. The van der Waals surface area contributed by atoms with E-state index in [-0.39, 0.29) is 11.3 Å². The first-order valence-corrected chi connectivity index (χ1v) is 8.26. The molecule has 1 aliphatic rings. The number of amides is 1. The summed E-state index contributed by atoms with van der Waals surface area (Å²) < 4.78 is 0.901. The van der Waals surface area contributed by atoms with E-state index in [0.29, 0.717) is 5.56 Å². The molecule has 1 heterocycles. The molecule has 0 aliphatic carbocycles. The third-order valence-corrected chi connectivity index (χ3v) is 4.71. The van der Waals surface area contributed by atoms with Crippen LogP contribution >= 0.6 is 15.9 Å². The van der Waals surface area contributed by atoms with Gasteiger partial charge in [0.25, 0.3) is 11.7 Å². The van der Waals surface area contributed by atoms with Gasteiger partial charge in [0, 0.05) is 17.1 Å². The number of hydrogen-bond donors (Lipinski definition) is 1. The summed E-state index contributed by atoms with van der Waals surface area (Å²) in [4.78, 5) is 26.0. The third kappa shape index (κ3) is 2.76. The molecule has 24 heavy (non-hydrogen) atoms. The fraction of sp³-hybridized carbons (Fsp3) is 0.158. The lowest BCUT2D eigenvalue weighted by molar-refractivity contribution is -0.139. The van der Waals surface area contributed by atoms with E-state index in [1.807, 2.05) is 43.3 Å². The second kappa shape index (κ2) is 6.24. The van der Waals surface area contributed by atoms with Gasteiger partial charge in [0.15, 0.2) is 0 Å². The summed E-state index contributed by atoms with van der Waals surface area (Å²) in [5, 5.41) is 10.7. The Hall–Kier alpha value is -2.40. The average molecular weight is 386 g/mol. The van der Waals surface area contributed by atoms with Crippen LogP contribution in [0.4, 0.5) is 0 Å². The van der Waals surface area contributed by atoms with Gasteiger partial charge in [-0.1, -0.05) is 57.9 Å². The predicted octanol–water partition coefficient (Wildman–Crippen LogP) is 3.81. The molecule has 1 atom stereocenters. The second-order valence-electron chi connectivity index (χ2n) is 5.83. The van der Waals surface area contributed by atoms with E-state index in [1.54, 1.807) is 19.2 Å². The van der Waals surface area contributed by atoms with Crippen molar-refractivity contribution in [2.24, 2.45) is 0 Å². The molecule has 1 N–H and O–H groups in total. The maximum atomic E-state index is 12.4. The number of likely N-dealkylation sites (N-methyl/N-ethyl adjacent to an activating group) is 1. The molecule has 4 nitrogen and oxygen atoms in total. The van der Waals surface area contributed by atoms with E-state index < -0.39 is 17.7 Å². The minimum atomic E-state index is -0.663. The molecule has 1 amide bonds. The Morgan fingerprint density at radius 3 is 2.21 bits per heavy atom. The molecule has 0 radical (unpaired) electrons. The van der Waals surface area contributed by atoms with Crippen LogP contribution in [0.15, 0.2) is 58.6 Å². The number of rotatable bonds is 2. The lowest BCUT2D eigenvalue weighted by atomic mass is 9.95. The van der Waals surface area contributed by atoms with Gasteiger partial charge in [0.1, 0.15) is 5.76 Å². The summed E-state index contributed by atoms with van der Waals surface area (Å²) in [7, 11) is 1.57. The van der Waals surface area contributed by atoms with Crippen LogP contribution in [-0.2, 0) is 9.59 Å². The standard InChI is InChI=1S/C19H16BrNO3/c1-11-3-5-13(6-4-11)17(22)15-16(21(2)19(24)18(15)23)12-7-9-14(20)10-8-12/h3-10,16,22H,1-2H3/b17-15-. The highest BCUT2D eigenvalue weighted by molar-refractivity contribution is 9.10. The van der Waals surface area contributed by atoms with Gasteiger partial charge in [-0.3, -0.25) is 9.59 Å². The number of benzene rings is 2. The van der Waals surface area contributed by atoms with Gasteiger partial charge in [-0.05, 0) is 24.6 Å². The van der Waals surface area contributed by atoms with Crippen LogP contribution in [0.25, 0.3) is 5.76 Å². The van der Waals surface area contributed by atoms with Gasteiger partial charge in [-0.2, -0.15) is 0 Å². The molecule has 2 aromatic rings. The monoisotopic (exact) mass is 385 g/mol. The van der Waals surface area contributed by atoms with Crippen molar-refractivity contribution in [3.8, 4) is 0 Å². The molecule has 5 heteroatoms. The van der Waals surface area contributed by atoms with Crippen molar-refractivity contribution in [3.05, 3.63) is 75.3 Å². The molecule has 0 spiro atoms. The van der Waals surface area contributed by atoms with Gasteiger partial charge in [-0.15, -0.1) is 0 Å². The molecule has 122 valence electrons. The van der Waals surface area contributed by atoms with Crippen molar-refractivity contribution < 1.29 is 14.7 Å². The number of Topliss-reactive ketones (excluding diaryl/α,β-unsaturated/α-hetero) is 1. The number of aliphatic hydroxyl groups excluding tert-OH is 1. The smallest absolute Gasteiger partial charge is 0.295 e. The number of aryl methyl sites for hydroxylation is 1. The summed E-state index contributed by atoms with van der Waals surface area (Å²) >= 11 is 3.37. The van der Waals surface area contributed by atoms with Crippen molar-refractivity contribution in [2.75, 3.05) is 7.05 Å². The molecule has 1 saturated heterocycles. The van der Waals surface area contributed by atoms with E-state index in [0.717, 1.165) is 15.6 Å². The number of likely N-dealkylation sites (tertiary alicyclic amines) is 1. The van der Waals surface area contributed by atoms with Crippen molar-refractivity contribution in [2.45, 2.75) is 13.0 Å². The van der Waals surface area contributed by atoms with E-state index in [4.69, 9.17) is 0 Å². The maximum Gasteiger partial charge on any atom is 0.295 e. The first-order valence-electron chi connectivity index (χ1n) is 7.47. The van der Waals surface area contributed by atoms with E-state index in [2.05, 4.69) is 15.9 Å². The summed E-state index contributed by atoms with van der Waals surface area (Å²) in [6.07, 6.45) is 0. The molecule has 2 aromatic carbocycles. The predicted molar refractivity (Wildman–Crippen MR) is 95.4 cm³/mol. The molecule has 1 unspecified atom stereocenters. The van der Waals surface area contributed by atoms with Crippen LogP contribution in [0.1, 0.15) is 22.7 Å². The minimum absolute atomic E-state index is 0.119. The molecule has 0 bridgehead atoms. The Balaban J connectivity index is 2.16. The molecular formula is C19H16BrNO3. The zero-order valence-corrected chi connectivity index (χ0v) is 14.9. The summed E-state index contributed by atoms with van der Waals surface area (Å²) in [5.41, 5.74) is 2.46. The number of nitrogens with zero attached hydrogens (tertiary/aromatic N) is 1. The second-order valence-corrected chi connectivity index (χ2v) is 6.74. The first-order chi connectivity index (χ1) is 11.4. The van der Waals surface area contributed by atoms with Gasteiger partial charge in [0.2, 0.25) is 0 Å². The average Bonchev–Trinajstić information content (AvgIpc) is 2.80. The van der Waals surface area contributed by atoms with Crippen molar-refractivity contribution in [3.63, 3.8) is 0 Å². The molecule has 3 rings (SSSR count). The lowest BCUT2D eigenvalue weighted by Crippen LogP contribution is -2.24. The number of hydrogen-bond acceptors (Lipinski definition) is 3. The van der Waals surface area contributed by atoms with Crippen LogP contribution in [0.5, 0.6) is 0 Å². The molecule has 0 aromatic heterocycles. The normalized spacial score (nSPS) is 19.8. The van der Waals surface area contributed by atoms with E-state index in [1.165, 1.54) is 4.90 Å². The highest BCUT2D eigenvalue weighted by atomic mass is 79.9. The number of aliphatic hydroxyl groups is 1.